The van der Waals surface area contributed by atoms with Crippen molar-refractivity contribution in [3.05, 3.63) is 78.9 Å². The molecule has 204 valence electrons. The van der Waals surface area contributed by atoms with E-state index in [4.69, 9.17) is 9.72 Å². The molecule has 1 fully saturated rings. The van der Waals surface area contributed by atoms with E-state index in [1.165, 1.54) is 19.2 Å². The summed E-state index contributed by atoms with van der Waals surface area (Å²) in [6.45, 7) is 0. The van der Waals surface area contributed by atoms with E-state index in [-0.39, 0.29) is 17.6 Å². The lowest BCUT2D eigenvalue weighted by Crippen LogP contribution is -2.20. The summed E-state index contributed by atoms with van der Waals surface area (Å²) < 4.78 is 19.6. The topological polar surface area (TPSA) is 109 Å². The Balaban J connectivity index is 1.25. The summed E-state index contributed by atoms with van der Waals surface area (Å²) in [5, 5.41) is 11.6. The van der Waals surface area contributed by atoms with Gasteiger partial charge in [0, 0.05) is 34.6 Å². The molecule has 2 aromatic carbocycles. The third-order valence-electron chi connectivity index (χ3n) is 7.77. The Kier molecular flexibility index (Phi) is 6.19. The van der Waals surface area contributed by atoms with Gasteiger partial charge in [0.05, 0.1) is 35.9 Å². The highest BCUT2D eigenvalue weighted by Gasteiger charge is 2.23. The van der Waals surface area contributed by atoms with Crippen molar-refractivity contribution >= 4 is 33.5 Å². The molecule has 0 spiro atoms. The van der Waals surface area contributed by atoms with Gasteiger partial charge in [-0.05, 0) is 66.4 Å². The van der Waals surface area contributed by atoms with Gasteiger partial charge in [0.25, 0.3) is 0 Å². The number of H-pyrrole nitrogens is 2. The minimum Gasteiger partial charge on any atom is -0.497 e. The van der Waals surface area contributed by atoms with Gasteiger partial charge in [0.1, 0.15) is 22.8 Å². The van der Waals surface area contributed by atoms with Gasteiger partial charge in [-0.25, -0.2) is 9.37 Å². The smallest absolute Gasteiger partial charge is 0.227 e. The first-order valence-corrected chi connectivity index (χ1v) is 13.6. The maximum absolute atomic E-state index is 14.3. The molecule has 1 aliphatic rings. The van der Waals surface area contributed by atoms with E-state index in [0.717, 1.165) is 64.5 Å². The van der Waals surface area contributed by atoms with Crippen LogP contribution in [0.2, 0.25) is 0 Å². The van der Waals surface area contributed by atoms with Gasteiger partial charge in [-0.1, -0.05) is 25.0 Å². The predicted molar refractivity (Wildman–Crippen MR) is 157 cm³/mol. The number of carbonyl (C=O) groups excluding carboxylic acids is 1. The molecule has 3 N–H and O–H groups in total. The van der Waals surface area contributed by atoms with Crippen LogP contribution in [0.4, 0.5) is 10.1 Å². The molecule has 0 bridgehead atoms. The first kappa shape index (κ1) is 25.0. The van der Waals surface area contributed by atoms with E-state index >= 15 is 0 Å². The van der Waals surface area contributed by atoms with E-state index in [2.05, 4.69) is 25.5 Å². The zero-order chi connectivity index (χ0) is 27.9. The normalized spacial score (nSPS) is 13.7. The highest BCUT2D eigenvalue weighted by molar-refractivity contribution is 6.00. The second-order valence-electron chi connectivity index (χ2n) is 10.4. The first-order valence-electron chi connectivity index (χ1n) is 13.6. The van der Waals surface area contributed by atoms with Crippen molar-refractivity contribution in [3.8, 4) is 39.5 Å². The third kappa shape index (κ3) is 4.69. The van der Waals surface area contributed by atoms with Crippen LogP contribution in [-0.4, -0.2) is 38.2 Å². The minimum absolute atomic E-state index is 0.0526. The van der Waals surface area contributed by atoms with Crippen LogP contribution in [0.5, 0.6) is 5.75 Å². The second kappa shape index (κ2) is 10.2. The largest absolute Gasteiger partial charge is 0.497 e. The summed E-state index contributed by atoms with van der Waals surface area (Å²) >= 11 is 0. The van der Waals surface area contributed by atoms with Crippen molar-refractivity contribution in [2.75, 3.05) is 12.4 Å². The zero-order valence-electron chi connectivity index (χ0n) is 22.4. The van der Waals surface area contributed by atoms with Crippen LogP contribution in [-0.2, 0) is 4.79 Å². The number of rotatable bonds is 6. The number of aromatic amines is 2. The van der Waals surface area contributed by atoms with Gasteiger partial charge in [-0.15, -0.1) is 0 Å². The Bertz CT molecular complexity index is 1920. The Hall–Kier alpha value is -5.05. The number of pyridine rings is 2. The lowest BCUT2D eigenvalue weighted by molar-refractivity contribution is -0.119. The van der Waals surface area contributed by atoms with Crippen LogP contribution >= 0.6 is 0 Å². The SMILES string of the molecule is COc1cc(F)cc(-c2cccc3[nH]c(-c4n[nH]c5ccc(-c6cncc(NC(=O)C7CCCC7)c6)nc45)cc23)c1. The highest BCUT2D eigenvalue weighted by atomic mass is 19.1. The molecule has 0 aliphatic heterocycles. The van der Waals surface area contributed by atoms with Crippen molar-refractivity contribution in [2.24, 2.45) is 5.92 Å². The number of ether oxygens (including phenoxy) is 1. The molecule has 41 heavy (non-hydrogen) atoms. The van der Waals surface area contributed by atoms with Gasteiger partial charge in [0.15, 0.2) is 0 Å². The van der Waals surface area contributed by atoms with E-state index in [1.54, 1.807) is 12.4 Å². The van der Waals surface area contributed by atoms with Crippen molar-refractivity contribution in [2.45, 2.75) is 25.7 Å². The fourth-order valence-electron chi connectivity index (χ4n) is 5.70. The van der Waals surface area contributed by atoms with Gasteiger partial charge >= 0.3 is 0 Å². The van der Waals surface area contributed by atoms with Crippen LogP contribution in [0.3, 0.4) is 0 Å². The van der Waals surface area contributed by atoms with E-state index in [0.29, 0.717) is 28.3 Å². The maximum atomic E-state index is 14.3. The average Bonchev–Trinajstić information content (AvgIpc) is 3.76. The first-order chi connectivity index (χ1) is 20.1. The molecule has 0 radical (unpaired) electrons. The number of nitrogens with one attached hydrogen (secondary N) is 3. The highest BCUT2D eigenvalue weighted by Crippen LogP contribution is 2.36. The van der Waals surface area contributed by atoms with Crippen molar-refractivity contribution in [1.29, 1.82) is 0 Å². The summed E-state index contributed by atoms with van der Waals surface area (Å²) in [6, 6.07) is 18.3. The Morgan fingerprint density at radius 3 is 2.73 bits per heavy atom. The number of amides is 1. The zero-order valence-corrected chi connectivity index (χ0v) is 22.4. The number of hydrogen-bond donors (Lipinski definition) is 3. The fourth-order valence-corrected chi connectivity index (χ4v) is 5.70. The number of halogens is 1. The molecule has 7 rings (SSSR count). The summed E-state index contributed by atoms with van der Waals surface area (Å²) in [6.07, 6.45) is 7.48. The number of hydrogen-bond acceptors (Lipinski definition) is 5. The number of benzene rings is 2. The van der Waals surface area contributed by atoms with Crippen LogP contribution in [0, 0.1) is 11.7 Å². The third-order valence-corrected chi connectivity index (χ3v) is 7.77. The van der Waals surface area contributed by atoms with Crippen molar-refractivity contribution in [3.63, 3.8) is 0 Å². The molecular formula is C32H27FN6O2. The summed E-state index contributed by atoms with van der Waals surface area (Å²) in [5.41, 5.74) is 7.59. The molecule has 9 heteroatoms. The molecule has 0 unspecified atom stereocenters. The van der Waals surface area contributed by atoms with Crippen LogP contribution < -0.4 is 10.1 Å². The van der Waals surface area contributed by atoms with Gasteiger partial charge in [-0.2, -0.15) is 5.10 Å². The summed E-state index contributed by atoms with van der Waals surface area (Å²) in [5.74, 6) is 0.219. The van der Waals surface area contributed by atoms with Crippen LogP contribution in [0.25, 0.3) is 55.7 Å². The van der Waals surface area contributed by atoms with Crippen LogP contribution in [0.1, 0.15) is 25.7 Å². The monoisotopic (exact) mass is 546 g/mol. The van der Waals surface area contributed by atoms with Crippen LogP contribution in [0.15, 0.2) is 73.1 Å². The lowest BCUT2D eigenvalue weighted by Gasteiger charge is -2.11. The molecule has 1 aliphatic carbocycles. The maximum Gasteiger partial charge on any atom is 0.227 e. The molecule has 6 aromatic rings. The second-order valence-corrected chi connectivity index (χ2v) is 10.4. The molecule has 8 nitrogen and oxygen atoms in total. The van der Waals surface area contributed by atoms with Crippen molar-refractivity contribution < 1.29 is 13.9 Å². The number of carbonyl (C=O) groups is 1. The molecule has 4 aromatic heterocycles. The Labute approximate surface area is 235 Å². The van der Waals surface area contributed by atoms with Gasteiger partial charge in [-0.3, -0.25) is 14.9 Å². The average molecular weight is 547 g/mol. The number of methoxy groups -OCH3 is 1. The molecule has 4 heterocycles. The van der Waals surface area contributed by atoms with E-state index < -0.39 is 0 Å². The minimum atomic E-state index is -0.362. The molecular weight excluding hydrogens is 519 g/mol. The molecule has 0 atom stereocenters. The summed E-state index contributed by atoms with van der Waals surface area (Å²) in [7, 11) is 1.52. The Morgan fingerprint density at radius 2 is 1.88 bits per heavy atom. The predicted octanol–water partition coefficient (Wildman–Crippen LogP) is 7.11. The van der Waals surface area contributed by atoms with E-state index in [9.17, 15) is 9.18 Å². The molecule has 0 saturated heterocycles. The lowest BCUT2D eigenvalue weighted by atomic mass is 10.0. The molecule has 1 saturated carbocycles. The Morgan fingerprint density at radius 1 is 1.00 bits per heavy atom. The van der Waals surface area contributed by atoms with Gasteiger partial charge < -0.3 is 15.0 Å². The quantitative estimate of drug-likeness (QED) is 0.206. The fraction of sp³-hybridized carbons (Fsp3) is 0.188. The number of fused-ring (bicyclic) bond motifs is 2. The number of nitrogens with zero attached hydrogens (tertiary/aromatic N) is 3. The van der Waals surface area contributed by atoms with Gasteiger partial charge in [0.2, 0.25) is 5.91 Å². The summed E-state index contributed by atoms with van der Waals surface area (Å²) in [4.78, 5) is 25.4. The standard InChI is InChI=1S/C32H27FN6O2/c1-41-23-13-19(11-21(33)14-23)24-7-4-8-27-25(24)15-29(36-27)31-30-28(38-39-31)10-9-26(37-30)20-12-22(17-34-16-20)35-32(40)18-5-2-3-6-18/h4,7-18,36H,2-3,5-6H2,1H3,(H,35,40)(H,38,39). The van der Waals surface area contributed by atoms with Crippen molar-refractivity contribution in [1.82, 2.24) is 25.1 Å². The number of aromatic nitrogens is 5. The molecule has 1 amide bonds. The number of anilines is 1. The van der Waals surface area contributed by atoms with E-state index in [1.807, 2.05) is 48.5 Å².